The van der Waals surface area contributed by atoms with Gasteiger partial charge < -0.3 is 11.1 Å². The minimum absolute atomic E-state index is 0.197. The standard InChI is InChI=1S/C11H14ClIN2O/c1-11(2,6-14)15-10(16)8-4-3-7(13)5-9(8)12/h3-5H,6,14H2,1-2H3,(H,15,16). The van der Waals surface area contributed by atoms with Crippen LogP contribution in [0.2, 0.25) is 5.02 Å². The molecule has 16 heavy (non-hydrogen) atoms. The third kappa shape index (κ3) is 3.61. The maximum absolute atomic E-state index is 11.9. The second kappa shape index (κ2) is 5.33. The maximum Gasteiger partial charge on any atom is 0.253 e. The van der Waals surface area contributed by atoms with Crippen molar-refractivity contribution in [3.63, 3.8) is 0 Å². The van der Waals surface area contributed by atoms with Gasteiger partial charge in [-0.3, -0.25) is 4.79 Å². The SMILES string of the molecule is CC(C)(CN)NC(=O)c1ccc(I)cc1Cl. The van der Waals surface area contributed by atoms with E-state index < -0.39 is 5.54 Å². The Kier molecular flexibility index (Phi) is 4.58. The molecule has 0 bridgehead atoms. The van der Waals surface area contributed by atoms with E-state index in [0.29, 0.717) is 17.1 Å². The first-order valence-corrected chi connectivity index (χ1v) is 6.29. The van der Waals surface area contributed by atoms with Crippen molar-refractivity contribution in [3.05, 3.63) is 32.4 Å². The van der Waals surface area contributed by atoms with Crippen molar-refractivity contribution in [3.8, 4) is 0 Å². The summed E-state index contributed by atoms with van der Waals surface area (Å²) in [7, 11) is 0. The number of benzene rings is 1. The Balaban J connectivity index is 2.89. The van der Waals surface area contributed by atoms with Crippen molar-refractivity contribution >= 4 is 40.1 Å². The highest BCUT2D eigenvalue weighted by molar-refractivity contribution is 14.1. The summed E-state index contributed by atoms with van der Waals surface area (Å²) < 4.78 is 0.997. The van der Waals surface area contributed by atoms with Crippen molar-refractivity contribution in [2.75, 3.05) is 6.54 Å². The van der Waals surface area contributed by atoms with E-state index in [0.717, 1.165) is 3.57 Å². The molecule has 1 aromatic rings. The van der Waals surface area contributed by atoms with E-state index in [2.05, 4.69) is 27.9 Å². The Morgan fingerprint density at radius 2 is 2.19 bits per heavy atom. The highest BCUT2D eigenvalue weighted by atomic mass is 127. The lowest BCUT2D eigenvalue weighted by Gasteiger charge is -2.24. The summed E-state index contributed by atoms with van der Waals surface area (Å²) in [5.41, 5.74) is 5.59. The molecule has 0 aliphatic rings. The van der Waals surface area contributed by atoms with Gasteiger partial charge in [-0.15, -0.1) is 0 Å². The first-order valence-electron chi connectivity index (χ1n) is 4.83. The number of nitrogens with two attached hydrogens (primary N) is 1. The van der Waals surface area contributed by atoms with E-state index in [-0.39, 0.29) is 5.91 Å². The third-order valence-electron chi connectivity index (χ3n) is 2.14. The molecule has 0 aliphatic heterocycles. The van der Waals surface area contributed by atoms with E-state index in [9.17, 15) is 4.79 Å². The molecule has 0 aliphatic carbocycles. The molecule has 3 nitrogen and oxygen atoms in total. The quantitative estimate of drug-likeness (QED) is 0.821. The molecule has 0 saturated heterocycles. The zero-order valence-corrected chi connectivity index (χ0v) is 12.1. The van der Waals surface area contributed by atoms with Crippen molar-refractivity contribution in [1.29, 1.82) is 0 Å². The molecule has 0 radical (unpaired) electrons. The molecular formula is C11H14ClIN2O. The number of halogens is 2. The lowest BCUT2D eigenvalue weighted by molar-refractivity contribution is 0.0916. The maximum atomic E-state index is 11.9. The molecule has 1 aromatic carbocycles. The van der Waals surface area contributed by atoms with Crippen molar-refractivity contribution in [2.45, 2.75) is 19.4 Å². The normalized spacial score (nSPS) is 11.3. The predicted octanol–water partition coefficient (Wildman–Crippen LogP) is 2.41. The van der Waals surface area contributed by atoms with Crippen LogP contribution in [0.4, 0.5) is 0 Å². The third-order valence-corrected chi connectivity index (χ3v) is 3.12. The summed E-state index contributed by atoms with van der Waals surface area (Å²) in [6, 6.07) is 5.31. The molecule has 3 N–H and O–H groups in total. The van der Waals surface area contributed by atoms with Crippen LogP contribution < -0.4 is 11.1 Å². The number of nitrogens with one attached hydrogen (secondary N) is 1. The largest absolute Gasteiger partial charge is 0.346 e. The summed E-state index contributed by atoms with van der Waals surface area (Å²) in [5.74, 6) is -0.197. The van der Waals surface area contributed by atoms with Crippen molar-refractivity contribution in [2.24, 2.45) is 5.73 Å². The zero-order valence-electron chi connectivity index (χ0n) is 9.18. The lowest BCUT2D eigenvalue weighted by Crippen LogP contribution is -2.48. The topological polar surface area (TPSA) is 55.1 Å². The smallest absolute Gasteiger partial charge is 0.253 e. The van der Waals surface area contributed by atoms with Crippen LogP contribution in [0.5, 0.6) is 0 Å². The molecule has 0 aromatic heterocycles. The van der Waals surface area contributed by atoms with Gasteiger partial charge in [-0.25, -0.2) is 0 Å². The number of carbonyl (C=O) groups excluding carboxylic acids is 1. The number of amides is 1. The van der Waals surface area contributed by atoms with Gasteiger partial charge in [0.25, 0.3) is 5.91 Å². The van der Waals surface area contributed by atoms with E-state index in [1.165, 1.54) is 0 Å². The van der Waals surface area contributed by atoms with Crippen LogP contribution >= 0.6 is 34.2 Å². The fraction of sp³-hybridized carbons (Fsp3) is 0.364. The second-order valence-corrected chi connectivity index (χ2v) is 5.82. The van der Waals surface area contributed by atoms with Crippen LogP contribution in [-0.2, 0) is 0 Å². The predicted molar refractivity (Wildman–Crippen MR) is 74.8 cm³/mol. The van der Waals surface area contributed by atoms with Crippen LogP contribution in [-0.4, -0.2) is 18.0 Å². The average molecular weight is 353 g/mol. The first-order chi connectivity index (χ1) is 7.35. The lowest BCUT2D eigenvalue weighted by atomic mass is 10.1. The number of hydrogen-bond donors (Lipinski definition) is 2. The van der Waals surface area contributed by atoms with E-state index in [1.807, 2.05) is 19.9 Å². The monoisotopic (exact) mass is 352 g/mol. The number of carbonyl (C=O) groups is 1. The van der Waals surface area contributed by atoms with Gasteiger partial charge in [-0.2, -0.15) is 0 Å². The summed E-state index contributed by atoms with van der Waals surface area (Å²) >= 11 is 8.14. The van der Waals surface area contributed by atoms with Gasteiger partial charge in [0, 0.05) is 15.7 Å². The highest BCUT2D eigenvalue weighted by Gasteiger charge is 2.20. The molecule has 0 unspecified atom stereocenters. The van der Waals surface area contributed by atoms with Gasteiger partial charge in [0.2, 0.25) is 0 Å². The second-order valence-electron chi connectivity index (χ2n) is 4.17. The Morgan fingerprint density at radius 3 is 2.69 bits per heavy atom. The van der Waals surface area contributed by atoms with Crippen LogP contribution in [0.3, 0.4) is 0 Å². The Labute approximate surface area is 114 Å². The molecule has 88 valence electrons. The molecule has 0 heterocycles. The fourth-order valence-electron chi connectivity index (χ4n) is 1.10. The summed E-state index contributed by atoms with van der Waals surface area (Å²) in [6.45, 7) is 4.11. The molecular weight excluding hydrogens is 338 g/mol. The van der Waals surface area contributed by atoms with Gasteiger partial charge in [0.05, 0.1) is 10.6 Å². The minimum atomic E-state index is -0.427. The van der Waals surface area contributed by atoms with Crippen LogP contribution in [0.15, 0.2) is 18.2 Å². The van der Waals surface area contributed by atoms with Gasteiger partial charge in [0.1, 0.15) is 0 Å². The Morgan fingerprint density at radius 1 is 1.56 bits per heavy atom. The average Bonchev–Trinajstić information content (AvgIpc) is 2.16. The van der Waals surface area contributed by atoms with Gasteiger partial charge >= 0.3 is 0 Å². The van der Waals surface area contributed by atoms with Crippen molar-refractivity contribution < 1.29 is 4.79 Å². The van der Waals surface area contributed by atoms with Crippen LogP contribution in [0.25, 0.3) is 0 Å². The van der Waals surface area contributed by atoms with Crippen molar-refractivity contribution in [1.82, 2.24) is 5.32 Å². The minimum Gasteiger partial charge on any atom is -0.346 e. The fourth-order valence-corrected chi connectivity index (χ4v) is 2.04. The van der Waals surface area contributed by atoms with Crippen LogP contribution in [0, 0.1) is 3.57 Å². The summed E-state index contributed by atoms with van der Waals surface area (Å²) in [6.07, 6.45) is 0. The number of rotatable bonds is 3. The van der Waals surface area contributed by atoms with E-state index >= 15 is 0 Å². The molecule has 0 saturated carbocycles. The molecule has 1 amide bonds. The summed E-state index contributed by atoms with van der Waals surface area (Å²) in [5, 5.41) is 3.29. The van der Waals surface area contributed by atoms with Crippen LogP contribution in [0.1, 0.15) is 24.2 Å². The molecule has 0 fully saturated rings. The van der Waals surface area contributed by atoms with E-state index in [4.69, 9.17) is 17.3 Å². The Bertz CT molecular complexity index is 407. The summed E-state index contributed by atoms with van der Waals surface area (Å²) in [4.78, 5) is 11.9. The van der Waals surface area contributed by atoms with E-state index in [1.54, 1.807) is 12.1 Å². The number of hydrogen-bond acceptors (Lipinski definition) is 2. The molecule has 1 rings (SSSR count). The van der Waals surface area contributed by atoms with Gasteiger partial charge in [-0.1, -0.05) is 11.6 Å². The molecule has 5 heteroatoms. The highest BCUT2D eigenvalue weighted by Crippen LogP contribution is 2.19. The first kappa shape index (κ1) is 13.7. The van der Waals surface area contributed by atoms with Gasteiger partial charge in [-0.05, 0) is 54.6 Å². The molecule has 0 spiro atoms. The zero-order chi connectivity index (χ0) is 12.3. The van der Waals surface area contributed by atoms with Gasteiger partial charge in [0.15, 0.2) is 0 Å². The Hall–Kier alpha value is -0.330. The molecule has 0 atom stereocenters.